The lowest BCUT2D eigenvalue weighted by Gasteiger charge is -2.44. The molecule has 6 nitrogen and oxygen atoms in total. The Morgan fingerprint density at radius 3 is 2.44 bits per heavy atom. The van der Waals surface area contributed by atoms with E-state index in [-0.39, 0.29) is 29.0 Å². The van der Waals surface area contributed by atoms with E-state index in [2.05, 4.69) is 19.2 Å². The molecule has 0 aromatic carbocycles. The molecule has 1 N–H and O–H groups in total. The average molecular weight is 399 g/mol. The minimum atomic E-state index is -3.34. The average Bonchev–Trinajstić information content (AvgIpc) is 3.28. The van der Waals surface area contributed by atoms with Gasteiger partial charge in [-0.15, -0.1) is 0 Å². The Morgan fingerprint density at radius 1 is 1.19 bits per heavy atom. The fourth-order valence-electron chi connectivity index (χ4n) is 4.80. The van der Waals surface area contributed by atoms with Crippen molar-refractivity contribution in [2.75, 3.05) is 24.6 Å². The minimum absolute atomic E-state index is 0.0268. The molecule has 2 unspecified atom stereocenters. The molecule has 3 aliphatic rings. The van der Waals surface area contributed by atoms with Crippen molar-refractivity contribution in [1.29, 1.82) is 0 Å². The quantitative estimate of drug-likeness (QED) is 0.712. The first kappa shape index (κ1) is 20.6. The number of amides is 2. The van der Waals surface area contributed by atoms with E-state index < -0.39 is 21.5 Å². The zero-order valence-corrected chi connectivity index (χ0v) is 17.7. The fraction of sp³-hybridized carbons (Fsp3) is 0.900. The maximum absolute atomic E-state index is 13.1. The van der Waals surface area contributed by atoms with Gasteiger partial charge in [0.15, 0.2) is 9.84 Å². The second-order valence-electron chi connectivity index (χ2n) is 9.69. The van der Waals surface area contributed by atoms with Gasteiger partial charge in [0, 0.05) is 25.0 Å². The number of nitrogens with zero attached hydrogens (tertiary/aromatic N) is 1. The molecule has 3 rings (SSSR count). The van der Waals surface area contributed by atoms with Crippen LogP contribution in [0.15, 0.2) is 0 Å². The Bertz CT molecular complexity index is 697. The number of nitrogens with one attached hydrogen (secondary N) is 1. The van der Waals surface area contributed by atoms with E-state index in [1.54, 1.807) is 6.92 Å². The summed E-state index contributed by atoms with van der Waals surface area (Å²) < 4.78 is 23.7. The number of piperidine rings is 1. The van der Waals surface area contributed by atoms with E-state index >= 15 is 0 Å². The van der Waals surface area contributed by atoms with Gasteiger partial charge in [-0.05, 0) is 49.4 Å². The van der Waals surface area contributed by atoms with Crippen LogP contribution in [-0.2, 0) is 19.4 Å². The van der Waals surface area contributed by atoms with Crippen molar-refractivity contribution in [1.82, 2.24) is 10.2 Å². The molecule has 0 aromatic rings. The molecule has 0 bridgehead atoms. The molecule has 1 saturated heterocycles. The Hall–Kier alpha value is -1.11. The maximum atomic E-state index is 13.1. The number of hydrogen-bond acceptors (Lipinski definition) is 4. The zero-order chi connectivity index (χ0) is 19.9. The molecule has 3 fully saturated rings. The second kappa shape index (κ2) is 7.37. The van der Waals surface area contributed by atoms with E-state index in [1.165, 1.54) is 19.3 Å². The Labute approximate surface area is 163 Å². The molecule has 1 aliphatic heterocycles. The highest BCUT2D eigenvalue weighted by molar-refractivity contribution is 7.92. The van der Waals surface area contributed by atoms with Gasteiger partial charge in [-0.2, -0.15) is 0 Å². The molecule has 2 atom stereocenters. The van der Waals surface area contributed by atoms with Crippen molar-refractivity contribution in [3.63, 3.8) is 0 Å². The van der Waals surface area contributed by atoms with E-state index in [1.807, 2.05) is 4.90 Å². The van der Waals surface area contributed by atoms with Crippen LogP contribution in [0.5, 0.6) is 0 Å². The molecule has 1 heterocycles. The third kappa shape index (κ3) is 4.66. The van der Waals surface area contributed by atoms with Gasteiger partial charge in [0.1, 0.15) is 5.75 Å². The highest BCUT2D eigenvalue weighted by Crippen LogP contribution is 2.66. The van der Waals surface area contributed by atoms with Crippen LogP contribution in [0.4, 0.5) is 0 Å². The molecule has 154 valence electrons. The van der Waals surface area contributed by atoms with Crippen molar-refractivity contribution in [3.05, 3.63) is 0 Å². The first-order chi connectivity index (χ1) is 12.6. The number of carbonyl (C=O) groups excluding carboxylic acids is 2. The molecule has 7 heteroatoms. The summed E-state index contributed by atoms with van der Waals surface area (Å²) in [4.78, 5) is 27.2. The first-order valence-electron chi connectivity index (χ1n) is 10.4. The number of likely N-dealkylation sites (tertiary alicyclic amines) is 1. The zero-order valence-electron chi connectivity index (χ0n) is 16.9. The Morgan fingerprint density at radius 2 is 1.89 bits per heavy atom. The highest BCUT2D eigenvalue weighted by Gasteiger charge is 2.62. The van der Waals surface area contributed by atoms with Crippen LogP contribution < -0.4 is 5.32 Å². The lowest BCUT2D eigenvalue weighted by molar-refractivity contribution is -0.141. The van der Waals surface area contributed by atoms with Gasteiger partial charge in [-0.3, -0.25) is 9.59 Å². The standard InChI is InChI=1S/C20H34N2O4S/c1-4-10-27(25,26)13-17(23)21-12-15-6-9-19(2,3)14-22(15)18(24)16-11-20(16)7-5-8-20/h15-16H,4-14H2,1-3H3,(H,21,23). The SMILES string of the molecule is CCCS(=O)(=O)CC(=O)NCC1CCC(C)(C)CN1C(=O)C1CC12CCC2. The molecule has 2 amide bonds. The smallest absolute Gasteiger partial charge is 0.235 e. The van der Waals surface area contributed by atoms with Crippen LogP contribution in [0.3, 0.4) is 0 Å². The molecule has 2 saturated carbocycles. The summed E-state index contributed by atoms with van der Waals surface area (Å²) in [6, 6.07) is -0.0268. The highest BCUT2D eigenvalue weighted by atomic mass is 32.2. The summed E-state index contributed by atoms with van der Waals surface area (Å²) in [5.74, 6) is -0.461. The molecular formula is C20H34N2O4S. The van der Waals surface area contributed by atoms with Crippen molar-refractivity contribution in [3.8, 4) is 0 Å². The van der Waals surface area contributed by atoms with Gasteiger partial charge in [0.05, 0.1) is 5.75 Å². The summed E-state index contributed by atoms with van der Waals surface area (Å²) in [6.45, 7) is 7.22. The maximum Gasteiger partial charge on any atom is 0.235 e. The minimum Gasteiger partial charge on any atom is -0.353 e. The van der Waals surface area contributed by atoms with Gasteiger partial charge in [0.2, 0.25) is 11.8 Å². The van der Waals surface area contributed by atoms with E-state index in [4.69, 9.17) is 0 Å². The van der Waals surface area contributed by atoms with Gasteiger partial charge in [-0.1, -0.05) is 27.2 Å². The first-order valence-corrected chi connectivity index (χ1v) is 12.2. The summed E-state index contributed by atoms with van der Waals surface area (Å²) in [5.41, 5.74) is 0.378. The van der Waals surface area contributed by atoms with Crippen LogP contribution in [0.25, 0.3) is 0 Å². The molecule has 2 aliphatic carbocycles. The van der Waals surface area contributed by atoms with Gasteiger partial charge in [-0.25, -0.2) is 8.42 Å². The van der Waals surface area contributed by atoms with Crippen molar-refractivity contribution in [2.45, 2.75) is 71.8 Å². The van der Waals surface area contributed by atoms with Crippen LogP contribution in [0.2, 0.25) is 0 Å². The Kier molecular flexibility index (Phi) is 5.63. The summed E-state index contributed by atoms with van der Waals surface area (Å²) in [5, 5.41) is 2.78. The monoisotopic (exact) mass is 398 g/mol. The van der Waals surface area contributed by atoms with Crippen molar-refractivity contribution >= 4 is 21.7 Å². The number of hydrogen-bond donors (Lipinski definition) is 1. The van der Waals surface area contributed by atoms with Gasteiger partial charge in [0.25, 0.3) is 0 Å². The van der Waals surface area contributed by atoms with Crippen molar-refractivity contribution in [2.24, 2.45) is 16.7 Å². The summed E-state index contributed by atoms with van der Waals surface area (Å²) >= 11 is 0. The normalized spacial score (nSPS) is 28.5. The largest absolute Gasteiger partial charge is 0.353 e. The Balaban J connectivity index is 1.59. The predicted molar refractivity (Wildman–Crippen MR) is 105 cm³/mol. The van der Waals surface area contributed by atoms with E-state index in [0.717, 1.165) is 19.3 Å². The lowest BCUT2D eigenvalue weighted by atomic mass is 9.78. The number of rotatable bonds is 7. The van der Waals surface area contributed by atoms with Crippen LogP contribution >= 0.6 is 0 Å². The number of sulfone groups is 1. The lowest BCUT2D eigenvalue weighted by Crippen LogP contribution is -2.55. The van der Waals surface area contributed by atoms with Crippen LogP contribution in [-0.4, -0.2) is 55.8 Å². The molecule has 0 aromatic heterocycles. The molecule has 27 heavy (non-hydrogen) atoms. The topological polar surface area (TPSA) is 83.6 Å². The second-order valence-corrected chi connectivity index (χ2v) is 11.9. The summed E-state index contributed by atoms with van der Waals surface area (Å²) in [7, 11) is -3.34. The van der Waals surface area contributed by atoms with Crippen LogP contribution in [0.1, 0.15) is 65.7 Å². The van der Waals surface area contributed by atoms with E-state index in [0.29, 0.717) is 24.9 Å². The predicted octanol–water partition coefficient (Wildman–Crippen LogP) is 2.13. The van der Waals surface area contributed by atoms with Crippen LogP contribution in [0, 0.1) is 16.7 Å². The molecular weight excluding hydrogens is 364 g/mol. The van der Waals surface area contributed by atoms with E-state index in [9.17, 15) is 18.0 Å². The van der Waals surface area contributed by atoms with Gasteiger partial charge < -0.3 is 10.2 Å². The fourth-order valence-corrected chi connectivity index (χ4v) is 6.07. The van der Waals surface area contributed by atoms with Gasteiger partial charge >= 0.3 is 0 Å². The summed E-state index contributed by atoms with van der Waals surface area (Å²) in [6.07, 6.45) is 6.98. The third-order valence-electron chi connectivity index (χ3n) is 6.71. The van der Waals surface area contributed by atoms with Crippen molar-refractivity contribution < 1.29 is 18.0 Å². The number of carbonyl (C=O) groups is 2. The third-order valence-corrected chi connectivity index (χ3v) is 8.45. The molecule has 1 spiro atoms. The molecule has 0 radical (unpaired) electrons.